The Kier molecular flexibility index (Phi) is 2.50. The summed E-state index contributed by atoms with van der Waals surface area (Å²) < 4.78 is 7.62. The summed E-state index contributed by atoms with van der Waals surface area (Å²) in [5.74, 6) is 1.77. The van der Waals surface area contributed by atoms with Crippen LogP contribution < -0.4 is 5.32 Å². The second kappa shape index (κ2) is 4.14. The summed E-state index contributed by atoms with van der Waals surface area (Å²) >= 11 is 0. The molecule has 1 saturated heterocycles. The quantitative estimate of drug-likeness (QED) is 0.837. The van der Waals surface area contributed by atoms with Gasteiger partial charge in [-0.2, -0.15) is 0 Å². The molecule has 0 aliphatic carbocycles. The van der Waals surface area contributed by atoms with E-state index in [9.17, 15) is 0 Å². The molecule has 4 nitrogen and oxygen atoms in total. The third-order valence-corrected chi connectivity index (χ3v) is 3.07. The van der Waals surface area contributed by atoms with Gasteiger partial charge in [0.15, 0.2) is 11.6 Å². The van der Waals surface area contributed by atoms with Crippen LogP contribution in [0.5, 0.6) is 0 Å². The van der Waals surface area contributed by atoms with Crippen LogP contribution in [0.3, 0.4) is 0 Å². The van der Waals surface area contributed by atoms with Gasteiger partial charge in [-0.1, -0.05) is 0 Å². The molecule has 0 bridgehead atoms. The Hall–Kier alpha value is -1.55. The minimum Gasteiger partial charge on any atom is -0.461 e. The highest BCUT2D eigenvalue weighted by atomic mass is 16.3. The first-order chi connectivity index (χ1) is 7.95. The molecule has 2 aromatic rings. The molecule has 1 aliphatic heterocycles. The minimum atomic E-state index is 0.497. The molecule has 0 amide bonds. The van der Waals surface area contributed by atoms with Crippen molar-refractivity contribution < 1.29 is 4.42 Å². The number of hydrogen-bond donors (Lipinski definition) is 1. The number of imidazole rings is 1. The van der Waals surface area contributed by atoms with Gasteiger partial charge in [0, 0.05) is 25.0 Å². The van der Waals surface area contributed by atoms with E-state index in [2.05, 4.69) is 14.9 Å². The average molecular weight is 217 g/mol. The van der Waals surface area contributed by atoms with E-state index < -0.39 is 0 Å². The number of hydrogen-bond acceptors (Lipinski definition) is 3. The van der Waals surface area contributed by atoms with E-state index in [0.717, 1.165) is 24.7 Å². The molecule has 84 valence electrons. The second-order valence-corrected chi connectivity index (χ2v) is 4.14. The fraction of sp³-hybridized carbons (Fsp3) is 0.417. The molecule has 4 heteroatoms. The van der Waals surface area contributed by atoms with Crippen molar-refractivity contribution >= 4 is 0 Å². The molecule has 0 radical (unpaired) electrons. The van der Waals surface area contributed by atoms with E-state index in [1.54, 1.807) is 6.26 Å². The summed E-state index contributed by atoms with van der Waals surface area (Å²) in [7, 11) is 0. The Bertz CT molecular complexity index is 441. The SMILES string of the molecule is c1coc(-c2nccn2[C@@H]2CCCNC2)c1. The zero-order chi connectivity index (χ0) is 10.8. The number of nitrogens with zero attached hydrogens (tertiary/aromatic N) is 2. The maximum absolute atomic E-state index is 5.41. The summed E-state index contributed by atoms with van der Waals surface area (Å²) in [6.45, 7) is 2.14. The van der Waals surface area contributed by atoms with Gasteiger partial charge in [0.25, 0.3) is 0 Å². The first-order valence-corrected chi connectivity index (χ1v) is 5.72. The van der Waals surface area contributed by atoms with Crippen LogP contribution in [-0.4, -0.2) is 22.6 Å². The monoisotopic (exact) mass is 217 g/mol. The van der Waals surface area contributed by atoms with Crippen molar-refractivity contribution in [3.05, 3.63) is 30.8 Å². The van der Waals surface area contributed by atoms with Gasteiger partial charge in [-0.15, -0.1) is 0 Å². The predicted molar refractivity (Wildman–Crippen MR) is 61.1 cm³/mol. The topological polar surface area (TPSA) is 43.0 Å². The number of furan rings is 1. The van der Waals surface area contributed by atoms with Crippen molar-refractivity contribution in [2.45, 2.75) is 18.9 Å². The molecular weight excluding hydrogens is 202 g/mol. The molecule has 1 aliphatic rings. The van der Waals surface area contributed by atoms with E-state index >= 15 is 0 Å². The first kappa shape index (κ1) is 9.66. The van der Waals surface area contributed by atoms with Gasteiger partial charge >= 0.3 is 0 Å². The zero-order valence-corrected chi connectivity index (χ0v) is 9.10. The normalized spacial score (nSPS) is 21.1. The van der Waals surface area contributed by atoms with Gasteiger partial charge in [0.05, 0.1) is 6.26 Å². The summed E-state index contributed by atoms with van der Waals surface area (Å²) in [6.07, 6.45) is 7.99. The Morgan fingerprint density at radius 3 is 3.25 bits per heavy atom. The lowest BCUT2D eigenvalue weighted by molar-refractivity contribution is 0.371. The molecule has 1 N–H and O–H groups in total. The summed E-state index contributed by atoms with van der Waals surface area (Å²) in [5.41, 5.74) is 0. The standard InChI is InChI=1S/C12H15N3O/c1-3-10(9-13-5-1)15-7-6-14-12(15)11-4-2-8-16-11/h2,4,6-8,10,13H,1,3,5,9H2/t10-/m1/s1. The third kappa shape index (κ3) is 1.65. The molecule has 2 aromatic heterocycles. The predicted octanol–water partition coefficient (Wildman–Crippen LogP) is 2.07. The zero-order valence-electron chi connectivity index (χ0n) is 9.10. The van der Waals surface area contributed by atoms with Gasteiger partial charge in [-0.3, -0.25) is 0 Å². The van der Waals surface area contributed by atoms with Gasteiger partial charge in [0.2, 0.25) is 0 Å². The van der Waals surface area contributed by atoms with Crippen molar-refractivity contribution in [3.8, 4) is 11.6 Å². The highest BCUT2D eigenvalue weighted by molar-refractivity contribution is 5.47. The van der Waals surface area contributed by atoms with Crippen LogP contribution in [0.15, 0.2) is 35.2 Å². The Morgan fingerprint density at radius 2 is 2.50 bits per heavy atom. The fourth-order valence-corrected chi connectivity index (χ4v) is 2.28. The van der Waals surface area contributed by atoms with E-state index in [0.29, 0.717) is 6.04 Å². The van der Waals surface area contributed by atoms with Crippen molar-refractivity contribution in [2.24, 2.45) is 0 Å². The molecule has 0 saturated carbocycles. The Morgan fingerprint density at radius 1 is 1.50 bits per heavy atom. The average Bonchev–Trinajstić information content (AvgIpc) is 3.01. The maximum atomic E-state index is 5.41. The van der Waals surface area contributed by atoms with Gasteiger partial charge in [-0.05, 0) is 31.5 Å². The number of rotatable bonds is 2. The van der Waals surface area contributed by atoms with Crippen LogP contribution in [0.4, 0.5) is 0 Å². The molecule has 0 unspecified atom stereocenters. The highest BCUT2D eigenvalue weighted by Gasteiger charge is 2.19. The van der Waals surface area contributed by atoms with E-state index in [1.165, 1.54) is 12.8 Å². The number of aromatic nitrogens is 2. The van der Waals surface area contributed by atoms with Crippen molar-refractivity contribution in [1.29, 1.82) is 0 Å². The lowest BCUT2D eigenvalue weighted by atomic mass is 10.1. The molecule has 3 rings (SSSR count). The molecule has 0 aromatic carbocycles. The largest absolute Gasteiger partial charge is 0.461 e. The summed E-state index contributed by atoms with van der Waals surface area (Å²) in [5, 5.41) is 3.42. The maximum Gasteiger partial charge on any atom is 0.176 e. The van der Waals surface area contributed by atoms with Gasteiger partial charge < -0.3 is 14.3 Å². The lowest BCUT2D eigenvalue weighted by Gasteiger charge is -2.25. The first-order valence-electron chi connectivity index (χ1n) is 5.72. The van der Waals surface area contributed by atoms with E-state index in [1.807, 2.05) is 24.5 Å². The van der Waals surface area contributed by atoms with E-state index in [-0.39, 0.29) is 0 Å². The van der Waals surface area contributed by atoms with E-state index in [4.69, 9.17) is 4.42 Å². The van der Waals surface area contributed by atoms with Crippen LogP contribution in [-0.2, 0) is 0 Å². The fourth-order valence-electron chi connectivity index (χ4n) is 2.28. The highest BCUT2D eigenvalue weighted by Crippen LogP contribution is 2.24. The van der Waals surface area contributed by atoms with Gasteiger partial charge in [-0.25, -0.2) is 4.98 Å². The molecule has 3 heterocycles. The molecule has 1 fully saturated rings. The second-order valence-electron chi connectivity index (χ2n) is 4.14. The Balaban J connectivity index is 1.92. The van der Waals surface area contributed by atoms with Crippen LogP contribution in [0.1, 0.15) is 18.9 Å². The van der Waals surface area contributed by atoms with Crippen LogP contribution in [0.2, 0.25) is 0 Å². The lowest BCUT2D eigenvalue weighted by Crippen LogP contribution is -2.31. The third-order valence-electron chi connectivity index (χ3n) is 3.07. The minimum absolute atomic E-state index is 0.497. The Labute approximate surface area is 94.3 Å². The van der Waals surface area contributed by atoms with Crippen LogP contribution in [0, 0.1) is 0 Å². The number of nitrogens with one attached hydrogen (secondary N) is 1. The summed E-state index contributed by atoms with van der Waals surface area (Å²) in [6, 6.07) is 4.35. The number of piperidine rings is 1. The van der Waals surface area contributed by atoms with Crippen LogP contribution >= 0.6 is 0 Å². The molecule has 1 atom stereocenters. The smallest absolute Gasteiger partial charge is 0.176 e. The molecule has 0 spiro atoms. The van der Waals surface area contributed by atoms with Gasteiger partial charge in [0.1, 0.15) is 0 Å². The van der Waals surface area contributed by atoms with Crippen LogP contribution in [0.25, 0.3) is 11.6 Å². The van der Waals surface area contributed by atoms with Crippen molar-refractivity contribution in [2.75, 3.05) is 13.1 Å². The molecule has 16 heavy (non-hydrogen) atoms. The van der Waals surface area contributed by atoms with Crippen molar-refractivity contribution in [3.63, 3.8) is 0 Å². The van der Waals surface area contributed by atoms with Crippen molar-refractivity contribution in [1.82, 2.24) is 14.9 Å². The molecular formula is C12H15N3O. The summed E-state index contributed by atoms with van der Waals surface area (Å²) in [4.78, 5) is 4.38.